The van der Waals surface area contributed by atoms with Crippen LogP contribution in [-0.4, -0.2) is 43.0 Å². The van der Waals surface area contributed by atoms with Gasteiger partial charge in [0, 0.05) is 25.2 Å². The Morgan fingerprint density at radius 2 is 2.21 bits per heavy atom. The molecule has 104 valence electrons. The van der Waals surface area contributed by atoms with E-state index in [1.165, 1.54) is 6.07 Å². The maximum absolute atomic E-state index is 14.0. The van der Waals surface area contributed by atoms with Crippen molar-refractivity contribution in [3.8, 4) is 0 Å². The number of nitro benzene ring substituents is 1. The number of nitrogens with zero attached hydrogens (tertiary/aromatic N) is 3. The summed E-state index contributed by atoms with van der Waals surface area (Å²) in [5.74, 6) is -0.633. The highest BCUT2D eigenvalue weighted by atomic mass is 19.1. The zero-order chi connectivity index (χ0) is 14.2. The van der Waals surface area contributed by atoms with E-state index in [2.05, 4.69) is 4.90 Å². The number of nitro groups is 1. The van der Waals surface area contributed by atoms with Crippen molar-refractivity contribution in [2.24, 2.45) is 0 Å². The Balaban J connectivity index is 2.29. The van der Waals surface area contributed by atoms with E-state index in [4.69, 9.17) is 5.73 Å². The van der Waals surface area contributed by atoms with Crippen LogP contribution in [0, 0.1) is 15.9 Å². The lowest BCUT2D eigenvalue weighted by atomic mass is 10.2. The van der Waals surface area contributed by atoms with E-state index in [1.807, 2.05) is 19.0 Å². The van der Waals surface area contributed by atoms with Crippen LogP contribution in [0.2, 0.25) is 0 Å². The smallest absolute Gasteiger partial charge is 0.274 e. The third kappa shape index (κ3) is 2.60. The Hall–Kier alpha value is -1.89. The average molecular weight is 268 g/mol. The summed E-state index contributed by atoms with van der Waals surface area (Å²) in [5.41, 5.74) is 5.83. The van der Waals surface area contributed by atoms with Gasteiger partial charge >= 0.3 is 0 Å². The van der Waals surface area contributed by atoms with Gasteiger partial charge in [0.15, 0.2) is 5.82 Å². The second-order valence-electron chi connectivity index (χ2n) is 4.97. The number of nitrogen functional groups attached to an aromatic ring is 1. The summed E-state index contributed by atoms with van der Waals surface area (Å²) in [6, 6.07) is 2.48. The average Bonchev–Trinajstić information content (AvgIpc) is 2.77. The van der Waals surface area contributed by atoms with Gasteiger partial charge in [-0.1, -0.05) is 0 Å². The number of benzene rings is 1. The highest BCUT2D eigenvalue weighted by molar-refractivity contribution is 5.72. The molecule has 1 aliphatic rings. The molecule has 2 rings (SSSR count). The summed E-state index contributed by atoms with van der Waals surface area (Å²) in [6.45, 7) is 1.37. The predicted octanol–water partition coefficient (Wildman–Crippen LogP) is 1.46. The second kappa shape index (κ2) is 5.00. The van der Waals surface area contributed by atoms with Crippen molar-refractivity contribution in [3.63, 3.8) is 0 Å². The standard InChI is InChI=1S/C12H17FN4O2/c1-15(2)8-3-4-16(7-8)12-10(13)5-9(17(18)19)6-11(12)14/h5-6,8H,3-4,7,14H2,1-2H3. The molecular formula is C12H17FN4O2. The van der Waals surface area contributed by atoms with E-state index in [1.54, 1.807) is 0 Å². The molecule has 1 aliphatic heterocycles. The highest BCUT2D eigenvalue weighted by Gasteiger charge is 2.28. The molecule has 0 radical (unpaired) electrons. The summed E-state index contributed by atoms with van der Waals surface area (Å²) in [4.78, 5) is 13.9. The van der Waals surface area contributed by atoms with E-state index in [0.29, 0.717) is 19.1 Å². The third-order valence-corrected chi connectivity index (χ3v) is 3.50. The first kappa shape index (κ1) is 13.5. The Kier molecular flexibility index (Phi) is 3.57. The summed E-state index contributed by atoms with van der Waals surface area (Å²) in [7, 11) is 3.95. The van der Waals surface area contributed by atoms with Crippen LogP contribution < -0.4 is 10.6 Å². The quantitative estimate of drug-likeness (QED) is 0.510. The zero-order valence-electron chi connectivity index (χ0n) is 11.0. The van der Waals surface area contributed by atoms with E-state index in [-0.39, 0.29) is 17.1 Å². The third-order valence-electron chi connectivity index (χ3n) is 3.50. The van der Waals surface area contributed by atoms with Crippen molar-refractivity contribution < 1.29 is 9.31 Å². The van der Waals surface area contributed by atoms with Crippen LogP contribution in [0.4, 0.5) is 21.5 Å². The number of rotatable bonds is 3. The van der Waals surface area contributed by atoms with Crippen LogP contribution in [0.15, 0.2) is 12.1 Å². The van der Waals surface area contributed by atoms with Crippen molar-refractivity contribution in [2.75, 3.05) is 37.8 Å². The van der Waals surface area contributed by atoms with Crippen LogP contribution in [0.5, 0.6) is 0 Å². The first-order chi connectivity index (χ1) is 8.90. The molecular weight excluding hydrogens is 251 g/mol. The number of nitrogens with two attached hydrogens (primary N) is 1. The number of anilines is 2. The Labute approximate surface area is 110 Å². The maximum atomic E-state index is 14.0. The molecule has 1 saturated heterocycles. The molecule has 0 bridgehead atoms. The topological polar surface area (TPSA) is 75.6 Å². The highest BCUT2D eigenvalue weighted by Crippen LogP contribution is 2.33. The molecule has 19 heavy (non-hydrogen) atoms. The van der Waals surface area contributed by atoms with Gasteiger partial charge in [0.25, 0.3) is 5.69 Å². The number of halogens is 1. The maximum Gasteiger partial charge on any atom is 0.274 e. The van der Waals surface area contributed by atoms with Crippen molar-refractivity contribution in [1.82, 2.24) is 4.90 Å². The van der Waals surface area contributed by atoms with E-state index < -0.39 is 10.7 Å². The SMILES string of the molecule is CN(C)C1CCN(c2c(N)cc([N+](=O)[O-])cc2F)C1. The molecule has 1 atom stereocenters. The predicted molar refractivity (Wildman–Crippen MR) is 71.8 cm³/mol. The van der Waals surface area contributed by atoms with Gasteiger partial charge in [0.05, 0.1) is 22.4 Å². The van der Waals surface area contributed by atoms with Gasteiger partial charge in [-0.15, -0.1) is 0 Å². The van der Waals surface area contributed by atoms with Crippen molar-refractivity contribution in [2.45, 2.75) is 12.5 Å². The fourth-order valence-electron chi connectivity index (χ4n) is 2.41. The molecule has 1 unspecified atom stereocenters. The minimum absolute atomic E-state index is 0.117. The fourth-order valence-corrected chi connectivity index (χ4v) is 2.41. The van der Waals surface area contributed by atoms with Crippen LogP contribution in [0.1, 0.15) is 6.42 Å². The van der Waals surface area contributed by atoms with Gasteiger partial charge < -0.3 is 15.5 Å². The molecule has 0 aliphatic carbocycles. The minimum Gasteiger partial charge on any atom is -0.397 e. The van der Waals surface area contributed by atoms with Gasteiger partial charge in [-0.25, -0.2) is 4.39 Å². The van der Waals surface area contributed by atoms with Gasteiger partial charge in [-0.05, 0) is 20.5 Å². The lowest BCUT2D eigenvalue weighted by molar-refractivity contribution is -0.385. The first-order valence-corrected chi connectivity index (χ1v) is 6.05. The number of hydrogen-bond donors (Lipinski definition) is 1. The van der Waals surface area contributed by atoms with Crippen molar-refractivity contribution >= 4 is 17.1 Å². The molecule has 0 amide bonds. The summed E-state index contributed by atoms with van der Waals surface area (Å²) < 4.78 is 14.0. The van der Waals surface area contributed by atoms with E-state index in [0.717, 1.165) is 12.5 Å². The summed E-state index contributed by atoms with van der Waals surface area (Å²) in [5, 5.41) is 10.6. The van der Waals surface area contributed by atoms with Crippen LogP contribution in [0.3, 0.4) is 0 Å². The van der Waals surface area contributed by atoms with Crippen LogP contribution in [0.25, 0.3) is 0 Å². The largest absolute Gasteiger partial charge is 0.397 e. The molecule has 0 aromatic heterocycles. The van der Waals surface area contributed by atoms with Crippen LogP contribution >= 0.6 is 0 Å². The lowest BCUT2D eigenvalue weighted by Gasteiger charge is -2.23. The lowest BCUT2D eigenvalue weighted by Crippen LogP contribution is -2.32. The normalized spacial score (nSPS) is 19.2. The minimum atomic E-state index is -0.643. The Morgan fingerprint density at radius 3 is 2.68 bits per heavy atom. The van der Waals surface area contributed by atoms with Gasteiger partial charge in [0.1, 0.15) is 0 Å². The molecule has 2 N–H and O–H groups in total. The molecule has 0 spiro atoms. The van der Waals surface area contributed by atoms with E-state index in [9.17, 15) is 14.5 Å². The number of likely N-dealkylation sites (N-methyl/N-ethyl adjacent to an activating group) is 1. The fraction of sp³-hybridized carbons (Fsp3) is 0.500. The van der Waals surface area contributed by atoms with E-state index >= 15 is 0 Å². The zero-order valence-corrected chi connectivity index (χ0v) is 11.0. The molecule has 1 aromatic rings. The number of non-ortho nitro benzene ring substituents is 1. The van der Waals surface area contributed by atoms with Crippen molar-refractivity contribution in [3.05, 3.63) is 28.1 Å². The Bertz CT molecular complexity index is 483. The summed E-state index contributed by atoms with van der Waals surface area (Å²) in [6.07, 6.45) is 0.920. The molecule has 1 aromatic carbocycles. The molecule has 6 nitrogen and oxygen atoms in total. The molecule has 1 fully saturated rings. The molecule has 7 heteroatoms. The van der Waals surface area contributed by atoms with Crippen molar-refractivity contribution in [1.29, 1.82) is 0 Å². The van der Waals surface area contributed by atoms with Gasteiger partial charge in [-0.2, -0.15) is 0 Å². The second-order valence-corrected chi connectivity index (χ2v) is 4.97. The Morgan fingerprint density at radius 1 is 1.53 bits per heavy atom. The monoisotopic (exact) mass is 268 g/mol. The number of hydrogen-bond acceptors (Lipinski definition) is 5. The molecule has 1 heterocycles. The molecule has 0 saturated carbocycles. The summed E-state index contributed by atoms with van der Waals surface area (Å²) >= 11 is 0. The van der Waals surface area contributed by atoms with Gasteiger partial charge in [-0.3, -0.25) is 10.1 Å². The van der Waals surface area contributed by atoms with Gasteiger partial charge in [0.2, 0.25) is 0 Å². The first-order valence-electron chi connectivity index (χ1n) is 6.05. The van der Waals surface area contributed by atoms with Crippen LogP contribution in [-0.2, 0) is 0 Å².